The topological polar surface area (TPSA) is 170 Å². The molecule has 0 saturated carbocycles. The van der Waals surface area contributed by atoms with E-state index in [1.54, 1.807) is 86.0 Å². The van der Waals surface area contributed by atoms with Crippen LogP contribution in [0, 0.1) is 6.92 Å². The van der Waals surface area contributed by atoms with Gasteiger partial charge in [0.25, 0.3) is 5.56 Å². The molecule has 0 bridgehead atoms. The molecule has 1 atom stereocenters. The number of hydrogen-bond donors (Lipinski definition) is 2. The number of hydrogen-bond acceptors (Lipinski definition) is 10. The van der Waals surface area contributed by atoms with E-state index in [1.165, 1.54) is 9.25 Å². The molecule has 0 fully saturated rings. The summed E-state index contributed by atoms with van der Waals surface area (Å²) in [6.45, 7) is 12.2. The summed E-state index contributed by atoms with van der Waals surface area (Å²) in [7, 11) is 1.58. The Kier molecular flexibility index (Phi) is 11.1. The molecule has 3 N–H and O–H groups in total. The number of carbonyl (C=O) groups excluding carboxylic acids is 3. The largest absolute Gasteiger partial charge is 0.497 e. The summed E-state index contributed by atoms with van der Waals surface area (Å²) in [4.78, 5) is 52.8. The smallest absolute Gasteiger partial charge is 0.362 e. The van der Waals surface area contributed by atoms with Crippen LogP contribution in [0.1, 0.15) is 79.2 Å². The number of anilines is 1. The molecule has 0 saturated heterocycles. The van der Waals surface area contributed by atoms with Crippen LogP contribution in [-0.4, -0.2) is 61.8 Å². The van der Waals surface area contributed by atoms with Crippen LogP contribution in [0.4, 0.5) is 5.69 Å². The fraction of sp³-hybridized carbons (Fsp3) is 0.371. The number of nitrogens with one attached hydrogen (secondary N) is 1. The van der Waals surface area contributed by atoms with E-state index in [-0.39, 0.29) is 35.6 Å². The van der Waals surface area contributed by atoms with E-state index in [2.05, 4.69) is 31.6 Å². The summed E-state index contributed by atoms with van der Waals surface area (Å²) in [6.07, 6.45) is 1.82. The fourth-order valence-electron chi connectivity index (χ4n) is 4.68. The lowest BCUT2D eigenvalue weighted by Gasteiger charge is -2.21. The van der Waals surface area contributed by atoms with E-state index >= 15 is 0 Å². The predicted molar refractivity (Wildman–Crippen MR) is 187 cm³/mol. The molecular formula is C35H41BrN6O7. The van der Waals surface area contributed by atoms with Gasteiger partial charge < -0.3 is 29.8 Å². The molecule has 260 valence electrons. The van der Waals surface area contributed by atoms with Gasteiger partial charge in [0.1, 0.15) is 22.6 Å². The minimum Gasteiger partial charge on any atom is -0.497 e. The van der Waals surface area contributed by atoms with Crippen molar-refractivity contribution in [3.63, 3.8) is 0 Å². The first-order valence-electron chi connectivity index (χ1n) is 15.5. The number of ether oxygens (including phenoxy) is 3. The summed E-state index contributed by atoms with van der Waals surface area (Å²) < 4.78 is 19.6. The molecule has 0 spiro atoms. The highest BCUT2D eigenvalue weighted by Crippen LogP contribution is 2.23. The third kappa shape index (κ3) is 9.42. The average Bonchev–Trinajstić information content (AvgIpc) is 3.47. The molecule has 2 aromatic carbocycles. The Hall–Kier alpha value is -4.82. The second kappa shape index (κ2) is 14.7. The van der Waals surface area contributed by atoms with E-state index in [9.17, 15) is 19.2 Å². The lowest BCUT2D eigenvalue weighted by Crippen LogP contribution is -2.39. The highest BCUT2D eigenvalue weighted by Gasteiger charge is 2.33. The highest BCUT2D eigenvalue weighted by molar-refractivity contribution is 9.10. The van der Waals surface area contributed by atoms with Crippen molar-refractivity contribution in [3.05, 3.63) is 97.6 Å². The van der Waals surface area contributed by atoms with Crippen LogP contribution in [0.15, 0.2) is 64.0 Å². The Morgan fingerprint density at radius 3 is 2.06 bits per heavy atom. The Labute approximate surface area is 292 Å². The van der Waals surface area contributed by atoms with Gasteiger partial charge in [0.05, 0.1) is 25.4 Å². The van der Waals surface area contributed by atoms with Crippen LogP contribution in [0.3, 0.4) is 0 Å². The number of aromatic nitrogens is 4. The van der Waals surface area contributed by atoms with Crippen LogP contribution in [0.2, 0.25) is 0 Å². The third-order valence-electron chi connectivity index (χ3n) is 7.07. The highest BCUT2D eigenvalue weighted by atomic mass is 79.9. The molecule has 2 heterocycles. The van der Waals surface area contributed by atoms with Crippen molar-refractivity contribution in [2.45, 2.75) is 78.7 Å². The second-order valence-corrected chi connectivity index (χ2v) is 14.3. The van der Waals surface area contributed by atoms with Crippen molar-refractivity contribution in [1.29, 1.82) is 0 Å². The molecule has 0 aliphatic rings. The summed E-state index contributed by atoms with van der Waals surface area (Å²) in [5.74, 6) is -1.45. The normalized spacial score (nSPS) is 12.3. The van der Waals surface area contributed by atoms with Gasteiger partial charge in [0.2, 0.25) is 11.6 Å². The van der Waals surface area contributed by atoms with Crippen molar-refractivity contribution in [1.82, 2.24) is 19.6 Å². The monoisotopic (exact) mass is 736 g/mol. The summed E-state index contributed by atoms with van der Waals surface area (Å²) in [5.41, 5.74) is 6.45. The molecule has 14 heteroatoms. The van der Waals surface area contributed by atoms with E-state index in [4.69, 9.17) is 19.9 Å². The quantitative estimate of drug-likeness (QED) is 0.212. The maximum absolute atomic E-state index is 13.4. The Bertz CT molecular complexity index is 1900. The lowest BCUT2D eigenvalue weighted by molar-refractivity contribution is -0.117. The summed E-state index contributed by atoms with van der Waals surface area (Å²) in [5, 5.41) is 10.7. The van der Waals surface area contributed by atoms with Crippen LogP contribution < -0.4 is 21.3 Å². The SMILES string of the molecule is COc1ccc(Cn2cc(Br)c(C)c(NC(=O)[C@@H](N)Cc3ccc(-n4nnc(C(=O)OC(C)(C)C)c4C(=O)OC(C)(C)C)cc3)c2=O)cc1. The Morgan fingerprint density at radius 1 is 0.918 bits per heavy atom. The molecule has 49 heavy (non-hydrogen) atoms. The Morgan fingerprint density at radius 2 is 1.49 bits per heavy atom. The van der Waals surface area contributed by atoms with E-state index in [0.717, 1.165) is 5.56 Å². The second-order valence-electron chi connectivity index (χ2n) is 13.4. The molecule has 0 unspecified atom stereocenters. The van der Waals surface area contributed by atoms with Gasteiger partial charge in [-0.1, -0.05) is 29.5 Å². The van der Waals surface area contributed by atoms with Crippen molar-refractivity contribution >= 4 is 39.5 Å². The van der Waals surface area contributed by atoms with E-state index in [0.29, 0.717) is 27.0 Å². The first-order valence-corrected chi connectivity index (χ1v) is 16.3. The zero-order valence-electron chi connectivity index (χ0n) is 28.8. The summed E-state index contributed by atoms with van der Waals surface area (Å²) in [6, 6.07) is 13.1. The van der Waals surface area contributed by atoms with E-state index in [1.807, 2.05) is 24.3 Å². The number of halogens is 1. The van der Waals surface area contributed by atoms with Gasteiger partial charge >= 0.3 is 11.9 Å². The molecule has 0 radical (unpaired) electrons. The lowest BCUT2D eigenvalue weighted by atomic mass is 10.1. The van der Waals surface area contributed by atoms with E-state index < -0.39 is 35.1 Å². The number of amides is 1. The molecule has 1 amide bonds. The van der Waals surface area contributed by atoms with Crippen LogP contribution in [0.25, 0.3) is 5.69 Å². The fourth-order valence-corrected chi connectivity index (χ4v) is 5.13. The van der Waals surface area contributed by atoms with Crippen LogP contribution >= 0.6 is 15.9 Å². The number of benzene rings is 2. The minimum absolute atomic E-state index is 0.125. The number of methoxy groups -OCH3 is 1. The molecule has 2 aromatic heterocycles. The number of rotatable bonds is 10. The van der Waals surface area contributed by atoms with Crippen molar-refractivity contribution in [2.75, 3.05) is 12.4 Å². The zero-order valence-corrected chi connectivity index (χ0v) is 30.4. The summed E-state index contributed by atoms with van der Waals surface area (Å²) >= 11 is 3.50. The van der Waals surface area contributed by atoms with Crippen molar-refractivity contribution in [2.24, 2.45) is 5.73 Å². The van der Waals surface area contributed by atoms with Crippen LogP contribution in [0.5, 0.6) is 5.75 Å². The van der Waals surface area contributed by atoms with Gasteiger partial charge in [-0.05, 0) is 112 Å². The van der Waals surface area contributed by atoms with Gasteiger partial charge in [-0.2, -0.15) is 0 Å². The number of nitrogens with zero attached hydrogens (tertiary/aromatic N) is 4. The van der Waals surface area contributed by atoms with Gasteiger partial charge in [-0.25, -0.2) is 14.3 Å². The van der Waals surface area contributed by atoms with Gasteiger partial charge in [0.15, 0.2) is 5.69 Å². The molecule has 13 nitrogen and oxygen atoms in total. The molecule has 0 aliphatic heterocycles. The number of pyridine rings is 1. The minimum atomic E-state index is -0.999. The first-order chi connectivity index (χ1) is 22.9. The number of nitrogens with two attached hydrogens (primary N) is 1. The Balaban J connectivity index is 1.53. The van der Waals surface area contributed by atoms with Crippen LogP contribution in [-0.2, 0) is 27.2 Å². The number of carbonyl (C=O) groups is 3. The molecular weight excluding hydrogens is 696 g/mol. The predicted octanol–water partition coefficient (Wildman–Crippen LogP) is 4.98. The molecule has 4 aromatic rings. The maximum atomic E-state index is 13.4. The molecule has 4 rings (SSSR count). The first kappa shape index (κ1) is 37.0. The average molecular weight is 738 g/mol. The van der Waals surface area contributed by atoms with Crippen molar-refractivity contribution in [3.8, 4) is 11.4 Å². The van der Waals surface area contributed by atoms with Gasteiger partial charge in [-0.15, -0.1) is 5.10 Å². The van der Waals surface area contributed by atoms with Gasteiger partial charge in [0, 0.05) is 10.7 Å². The van der Waals surface area contributed by atoms with Crippen molar-refractivity contribution < 1.29 is 28.6 Å². The third-order valence-corrected chi connectivity index (χ3v) is 7.86. The standard InChI is InChI=1S/C35H41BrN6O7/c1-20-25(36)19-41(18-22-11-15-24(47-8)16-12-22)31(44)27(20)38-30(43)26(37)17-21-9-13-23(14-10-21)42-29(33(46)49-35(5,6)7)28(39-40-42)32(45)48-34(2,3)4/h9-16,19,26H,17-18,37H2,1-8H3,(H,38,43)/t26-/m0/s1. The number of esters is 2. The zero-order chi connectivity index (χ0) is 36.3. The molecule has 0 aliphatic carbocycles. The maximum Gasteiger partial charge on any atom is 0.362 e. The van der Waals surface area contributed by atoms with Gasteiger partial charge in [-0.3, -0.25) is 9.59 Å².